The van der Waals surface area contributed by atoms with Crippen molar-refractivity contribution in [3.63, 3.8) is 0 Å². The molecule has 0 spiro atoms. The Morgan fingerprint density at radius 3 is 2.56 bits per heavy atom. The van der Waals surface area contributed by atoms with Gasteiger partial charge in [-0.15, -0.1) is 11.3 Å². The van der Waals surface area contributed by atoms with E-state index < -0.39 is 0 Å². The van der Waals surface area contributed by atoms with Crippen LogP contribution in [-0.2, 0) is 18.4 Å². The Morgan fingerprint density at radius 1 is 1.00 bits per heavy atom. The highest BCUT2D eigenvalue weighted by molar-refractivity contribution is 7.15. The lowest BCUT2D eigenvalue weighted by molar-refractivity contribution is 0.174. The fourth-order valence-corrected chi connectivity index (χ4v) is 4.34. The maximum absolute atomic E-state index is 5.52. The molecule has 4 nitrogen and oxygen atoms in total. The molecule has 2 aromatic carbocycles. The van der Waals surface area contributed by atoms with Crippen LogP contribution in [0.1, 0.15) is 42.5 Å². The molecule has 27 heavy (non-hydrogen) atoms. The summed E-state index contributed by atoms with van der Waals surface area (Å²) >= 11 is 1.74. The highest BCUT2D eigenvalue weighted by Gasteiger charge is 2.24. The van der Waals surface area contributed by atoms with E-state index >= 15 is 0 Å². The minimum Gasteiger partial charge on any atom is -0.454 e. The molecule has 1 aromatic heterocycles. The van der Waals surface area contributed by atoms with Crippen molar-refractivity contribution in [1.29, 1.82) is 0 Å². The van der Waals surface area contributed by atoms with E-state index in [2.05, 4.69) is 62.5 Å². The van der Waals surface area contributed by atoms with Gasteiger partial charge in [-0.1, -0.05) is 57.2 Å². The smallest absolute Gasteiger partial charge is 0.231 e. The van der Waals surface area contributed by atoms with Gasteiger partial charge in [-0.05, 0) is 23.3 Å². The van der Waals surface area contributed by atoms with Crippen LogP contribution in [-0.4, -0.2) is 11.8 Å². The van der Waals surface area contributed by atoms with Crippen molar-refractivity contribution in [3.05, 3.63) is 70.2 Å². The number of ether oxygens (including phenoxy) is 2. The molecule has 1 aliphatic heterocycles. The van der Waals surface area contributed by atoms with E-state index in [-0.39, 0.29) is 5.41 Å². The van der Waals surface area contributed by atoms with Crippen LogP contribution >= 0.6 is 11.3 Å². The normalized spacial score (nSPS) is 13.0. The number of hydrogen-bond acceptors (Lipinski definition) is 5. The monoisotopic (exact) mass is 380 g/mol. The number of hydrogen-bond donors (Lipinski definition) is 1. The second kappa shape index (κ2) is 7.24. The third-order valence-corrected chi connectivity index (χ3v) is 5.51. The van der Waals surface area contributed by atoms with Gasteiger partial charge >= 0.3 is 0 Å². The van der Waals surface area contributed by atoms with Crippen molar-refractivity contribution >= 4 is 16.5 Å². The number of fused-ring (bicyclic) bond motifs is 1. The van der Waals surface area contributed by atoms with Gasteiger partial charge in [-0.3, -0.25) is 0 Å². The predicted octanol–water partition coefficient (Wildman–Crippen LogP) is 5.37. The van der Waals surface area contributed by atoms with Gasteiger partial charge in [0, 0.05) is 23.3 Å². The summed E-state index contributed by atoms with van der Waals surface area (Å²) in [6.07, 6.45) is 0.841. The minimum absolute atomic E-state index is 0.00511. The number of anilines is 1. The maximum Gasteiger partial charge on any atom is 0.231 e. The highest BCUT2D eigenvalue weighted by Crippen LogP contribution is 2.37. The Bertz CT molecular complexity index is 929. The molecule has 2 heterocycles. The van der Waals surface area contributed by atoms with Crippen LogP contribution in [0.3, 0.4) is 0 Å². The van der Waals surface area contributed by atoms with E-state index in [0.717, 1.165) is 35.3 Å². The van der Waals surface area contributed by atoms with Crippen molar-refractivity contribution in [2.75, 3.05) is 12.1 Å². The van der Waals surface area contributed by atoms with Crippen LogP contribution in [0.5, 0.6) is 11.5 Å². The number of benzene rings is 2. The van der Waals surface area contributed by atoms with Crippen LogP contribution < -0.4 is 14.8 Å². The molecular formula is C22H24N2O2S. The Labute approximate surface area is 164 Å². The molecule has 140 valence electrons. The summed E-state index contributed by atoms with van der Waals surface area (Å²) in [5.74, 6) is 1.65. The molecular weight excluding hydrogens is 356 g/mol. The van der Waals surface area contributed by atoms with E-state index in [0.29, 0.717) is 6.79 Å². The van der Waals surface area contributed by atoms with E-state index in [9.17, 15) is 0 Å². The summed E-state index contributed by atoms with van der Waals surface area (Å²) in [7, 11) is 0. The summed E-state index contributed by atoms with van der Waals surface area (Å²) in [4.78, 5) is 6.21. The topological polar surface area (TPSA) is 43.4 Å². The first-order valence-electron chi connectivity index (χ1n) is 9.15. The lowest BCUT2D eigenvalue weighted by atomic mass is 9.90. The second-order valence-electron chi connectivity index (χ2n) is 7.74. The summed E-state index contributed by atoms with van der Waals surface area (Å²) in [5, 5.41) is 4.46. The van der Waals surface area contributed by atoms with E-state index in [1.54, 1.807) is 11.3 Å². The Hall–Kier alpha value is -2.53. The SMILES string of the molecule is CC(C)(C)c1nc(NCc2ccccc2)sc1Cc1ccc2c(c1)OCO2. The molecule has 0 saturated heterocycles. The minimum atomic E-state index is -0.00511. The molecule has 0 radical (unpaired) electrons. The average Bonchev–Trinajstić information content (AvgIpc) is 3.27. The highest BCUT2D eigenvalue weighted by atomic mass is 32.1. The molecule has 0 fully saturated rings. The molecule has 0 unspecified atom stereocenters. The van der Waals surface area contributed by atoms with Gasteiger partial charge in [0.15, 0.2) is 16.6 Å². The van der Waals surface area contributed by atoms with Crippen LogP contribution in [0.4, 0.5) is 5.13 Å². The summed E-state index contributed by atoms with van der Waals surface area (Å²) in [6, 6.07) is 16.6. The first kappa shape index (κ1) is 17.9. The number of rotatable bonds is 5. The molecule has 4 rings (SSSR count). The zero-order valence-electron chi connectivity index (χ0n) is 15.9. The molecule has 0 bridgehead atoms. The summed E-state index contributed by atoms with van der Waals surface area (Å²) in [6.45, 7) is 7.73. The van der Waals surface area contributed by atoms with Gasteiger partial charge in [0.05, 0.1) is 5.69 Å². The summed E-state index contributed by atoms with van der Waals surface area (Å²) in [5.41, 5.74) is 3.61. The molecule has 0 amide bonds. The molecule has 0 aliphatic carbocycles. The van der Waals surface area contributed by atoms with Gasteiger partial charge in [-0.25, -0.2) is 4.98 Å². The Morgan fingerprint density at radius 2 is 1.78 bits per heavy atom. The molecule has 0 saturated carbocycles. The van der Waals surface area contributed by atoms with Crippen molar-refractivity contribution in [1.82, 2.24) is 4.98 Å². The first-order chi connectivity index (χ1) is 13.0. The quantitative estimate of drug-likeness (QED) is 0.646. The fourth-order valence-electron chi connectivity index (χ4n) is 3.14. The van der Waals surface area contributed by atoms with Crippen molar-refractivity contribution < 1.29 is 9.47 Å². The zero-order valence-corrected chi connectivity index (χ0v) is 16.7. The van der Waals surface area contributed by atoms with Gasteiger partial charge in [0.2, 0.25) is 6.79 Å². The number of nitrogens with one attached hydrogen (secondary N) is 1. The van der Waals surface area contributed by atoms with Gasteiger partial charge in [-0.2, -0.15) is 0 Å². The lowest BCUT2D eigenvalue weighted by Gasteiger charge is -2.17. The number of aromatic nitrogens is 1. The largest absolute Gasteiger partial charge is 0.454 e. The van der Waals surface area contributed by atoms with Crippen LogP contribution in [0.2, 0.25) is 0 Å². The second-order valence-corrected chi connectivity index (χ2v) is 8.83. The van der Waals surface area contributed by atoms with Crippen LogP contribution in [0.25, 0.3) is 0 Å². The van der Waals surface area contributed by atoms with E-state index in [1.165, 1.54) is 16.0 Å². The molecule has 5 heteroatoms. The van der Waals surface area contributed by atoms with Crippen LogP contribution in [0.15, 0.2) is 48.5 Å². The number of nitrogens with zero attached hydrogens (tertiary/aromatic N) is 1. The van der Waals surface area contributed by atoms with Crippen molar-refractivity contribution in [2.24, 2.45) is 0 Å². The number of thiazole rings is 1. The van der Waals surface area contributed by atoms with Crippen molar-refractivity contribution in [2.45, 2.75) is 39.2 Å². The summed E-state index contributed by atoms with van der Waals surface area (Å²) < 4.78 is 10.9. The maximum atomic E-state index is 5.52. The molecule has 0 atom stereocenters. The third kappa shape index (κ3) is 4.08. The first-order valence-corrected chi connectivity index (χ1v) is 9.97. The standard InChI is InChI=1S/C22H24N2O2S/c1-22(2,3)20-19(12-16-9-10-17-18(11-16)26-14-25-17)27-21(24-20)23-13-15-7-5-4-6-8-15/h4-11H,12-14H2,1-3H3,(H,23,24). The van der Waals surface area contributed by atoms with Gasteiger partial charge < -0.3 is 14.8 Å². The van der Waals surface area contributed by atoms with Gasteiger partial charge in [0.25, 0.3) is 0 Å². The van der Waals surface area contributed by atoms with Gasteiger partial charge in [0.1, 0.15) is 0 Å². The molecule has 1 N–H and O–H groups in total. The predicted molar refractivity (Wildman–Crippen MR) is 110 cm³/mol. The van der Waals surface area contributed by atoms with Crippen LogP contribution in [0, 0.1) is 0 Å². The third-order valence-electron chi connectivity index (χ3n) is 4.50. The van der Waals surface area contributed by atoms with E-state index in [4.69, 9.17) is 14.5 Å². The van der Waals surface area contributed by atoms with E-state index in [1.807, 2.05) is 12.1 Å². The molecule has 1 aliphatic rings. The Balaban J connectivity index is 1.56. The lowest BCUT2D eigenvalue weighted by Crippen LogP contribution is -2.14. The average molecular weight is 381 g/mol. The zero-order chi connectivity index (χ0) is 18.9. The van der Waals surface area contributed by atoms with Crippen molar-refractivity contribution in [3.8, 4) is 11.5 Å². The molecule has 3 aromatic rings. The fraction of sp³-hybridized carbons (Fsp3) is 0.318. The Kier molecular flexibility index (Phi) is 4.79.